The SMILES string of the molecule is O=P([O-])([O-])OCCOc1ccccc1.[K+].[K+]. The molecule has 8 heteroatoms. The largest absolute Gasteiger partial charge is 1.00 e. The summed E-state index contributed by atoms with van der Waals surface area (Å²) in [5, 5.41) is 0. The van der Waals surface area contributed by atoms with Crippen LogP contribution in [0.25, 0.3) is 0 Å². The summed E-state index contributed by atoms with van der Waals surface area (Å²) in [6.45, 7) is -0.238. The van der Waals surface area contributed by atoms with E-state index in [9.17, 15) is 14.4 Å². The molecule has 78 valence electrons. The Morgan fingerprint density at radius 3 is 2.12 bits per heavy atom. The van der Waals surface area contributed by atoms with E-state index in [4.69, 9.17) is 4.74 Å². The number of phosphoric acid groups is 1. The minimum atomic E-state index is -4.87. The van der Waals surface area contributed by atoms with E-state index in [1.807, 2.05) is 6.07 Å². The quantitative estimate of drug-likeness (QED) is 0.307. The average molecular weight is 294 g/mol. The van der Waals surface area contributed by atoms with Crippen molar-refractivity contribution in [3.05, 3.63) is 30.3 Å². The molecule has 1 aromatic rings. The van der Waals surface area contributed by atoms with Crippen molar-refractivity contribution in [3.8, 4) is 5.75 Å². The zero-order valence-electron chi connectivity index (χ0n) is 9.29. The predicted octanol–water partition coefficient (Wildman–Crippen LogP) is -6.08. The van der Waals surface area contributed by atoms with Gasteiger partial charge in [0.1, 0.15) is 12.4 Å². The van der Waals surface area contributed by atoms with E-state index in [0.717, 1.165) is 0 Å². The molecular formula is C8H9K2O5P. The Labute approximate surface area is 179 Å². The molecule has 0 aromatic heterocycles. The predicted molar refractivity (Wildman–Crippen MR) is 45.5 cm³/mol. The minimum Gasteiger partial charge on any atom is -0.790 e. The summed E-state index contributed by atoms with van der Waals surface area (Å²) >= 11 is 0. The van der Waals surface area contributed by atoms with Crippen LogP contribution in [0.2, 0.25) is 0 Å². The van der Waals surface area contributed by atoms with Gasteiger partial charge in [-0.3, -0.25) is 0 Å². The minimum absolute atomic E-state index is 0. The number of hydrogen-bond donors (Lipinski definition) is 0. The molecule has 0 amide bonds. The van der Waals surface area contributed by atoms with Gasteiger partial charge in [0.2, 0.25) is 0 Å². The van der Waals surface area contributed by atoms with Crippen LogP contribution < -0.4 is 117 Å². The smallest absolute Gasteiger partial charge is 0.790 e. The topological polar surface area (TPSA) is 81.7 Å². The third kappa shape index (κ3) is 11.5. The molecule has 0 aliphatic rings. The first kappa shape index (κ1) is 20.7. The normalized spacial score (nSPS) is 9.88. The van der Waals surface area contributed by atoms with Gasteiger partial charge in [-0.15, -0.1) is 0 Å². The first-order valence-electron chi connectivity index (χ1n) is 3.92. The maximum atomic E-state index is 10.0. The molecule has 0 radical (unpaired) electrons. The zero-order chi connectivity index (χ0) is 10.4. The monoisotopic (exact) mass is 294 g/mol. The van der Waals surface area contributed by atoms with E-state index >= 15 is 0 Å². The molecule has 0 saturated carbocycles. The van der Waals surface area contributed by atoms with Crippen LogP contribution in [0, 0.1) is 0 Å². The van der Waals surface area contributed by atoms with Crippen molar-refractivity contribution in [1.82, 2.24) is 0 Å². The molecular weight excluding hydrogens is 285 g/mol. The Morgan fingerprint density at radius 1 is 1.06 bits per heavy atom. The summed E-state index contributed by atoms with van der Waals surface area (Å²) in [6.07, 6.45) is 0. The number of para-hydroxylation sites is 1. The van der Waals surface area contributed by atoms with Gasteiger partial charge < -0.3 is 23.6 Å². The van der Waals surface area contributed by atoms with Crippen molar-refractivity contribution >= 4 is 7.82 Å². The molecule has 5 nitrogen and oxygen atoms in total. The summed E-state index contributed by atoms with van der Waals surface area (Å²) in [7, 11) is -4.87. The van der Waals surface area contributed by atoms with E-state index in [1.54, 1.807) is 24.3 Å². The fourth-order valence-corrected chi connectivity index (χ4v) is 1.12. The van der Waals surface area contributed by atoms with Crippen molar-refractivity contribution in [2.45, 2.75) is 0 Å². The standard InChI is InChI=1S/C8H11O5P.2K/c9-14(10,11)13-7-6-12-8-4-2-1-3-5-8;;/h1-5H,6-7H2,(H2,9,10,11);;/q;2*+1/p-2. The molecule has 1 aromatic carbocycles. The van der Waals surface area contributed by atoms with E-state index in [1.165, 1.54) is 0 Å². The van der Waals surface area contributed by atoms with Crippen molar-refractivity contribution in [1.29, 1.82) is 0 Å². The van der Waals surface area contributed by atoms with Crippen molar-refractivity contribution < 1.29 is 126 Å². The first-order chi connectivity index (χ1) is 6.58. The van der Waals surface area contributed by atoms with Gasteiger partial charge in [0, 0.05) is 0 Å². The van der Waals surface area contributed by atoms with Crippen LogP contribution in [0.1, 0.15) is 0 Å². The molecule has 0 aliphatic heterocycles. The summed E-state index contributed by atoms with van der Waals surface area (Å²) in [4.78, 5) is 20.1. The van der Waals surface area contributed by atoms with Gasteiger partial charge in [0.15, 0.2) is 0 Å². The van der Waals surface area contributed by atoms with Crippen molar-refractivity contribution in [2.24, 2.45) is 0 Å². The van der Waals surface area contributed by atoms with Crippen LogP contribution in [-0.2, 0) is 9.09 Å². The molecule has 0 fully saturated rings. The number of benzene rings is 1. The number of ether oxygens (including phenoxy) is 1. The summed E-state index contributed by atoms with van der Waals surface area (Å²) in [5.41, 5.74) is 0. The fourth-order valence-electron chi connectivity index (χ4n) is 0.825. The Morgan fingerprint density at radius 2 is 1.62 bits per heavy atom. The van der Waals surface area contributed by atoms with E-state index in [-0.39, 0.29) is 116 Å². The average Bonchev–Trinajstić information content (AvgIpc) is 2.13. The van der Waals surface area contributed by atoms with Crippen LogP contribution in [-0.4, -0.2) is 13.2 Å². The molecule has 0 heterocycles. The summed E-state index contributed by atoms with van der Waals surface area (Å²) in [5.74, 6) is 0.600. The zero-order valence-corrected chi connectivity index (χ0v) is 16.4. The molecule has 0 bridgehead atoms. The molecule has 0 spiro atoms. The second-order valence-electron chi connectivity index (χ2n) is 2.44. The Bertz CT molecular complexity index is 315. The fraction of sp³-hybridized carbons (Fsp3) is 0.250. The van der Waals surface area contributed by atoms with E-state index < -0.39 is 7.82 Å². The molecule has 0 aliphatic carbocycles. The van der Waals surface area contributed by atoms with Crippen molar-refractivity contribution in [2.75, 3.05) is 13.2 Å². The second-order valence-corrected chi connectivity index (χ2v) is 3.59. The maximum absolute atomic E-state index is 10.0. The maximum Gasteiger partial charge on any atom is 1.00 e. The molecule has 0 unspecified atom stereocenters. The van der Waals surface area contributed by atoms with E-state index in [0.29, 0.717) is 5.75 Å². The molecule has 0 N–H and O–H groups in total. The van der Waals surface area contributed by atoms with Gasteiger partial charge in [-0.2, -0.15) is 0 Å². The van der Waals surface area contributed by atoms with Crippen LogP contribution >= 0.6 is 7.82 Å². The van der Waals surface area contributed by atoms with Gasteiger partial charge in [-0.05, 0) is 12.1 Å². The summed E-state index contributed by atoms with van der Waals surface area (Å²) in [6, 6.07) is 8.82. The van der Waals surface area contributed by atoms with Crippen LogP contribution in [0.5, 0.6) is 5.75 Å². The third-order valence-corrected chi connectivity index (χ3v) is 1.84. The van der Waals surface area contributed by atoms with Crippen LogP contribution in [0.15, 0.2) is 30.3 Å². The van der Waals surface area contributed by atoms with Gasteiger partial charge in [0.25, 0.3) is 0 Å². The number of hydrogen-bond acceptors (Lipinski definition) is 5. The van der Waals surface area contributed by atoms with Crippen LogP contribution in [0.3, 0.4) is 0 Å². The van der Waals surface area contributed by atoms with E-state index in [2.05, 4.69) is 4.52 Å². The molecule has 0 saturated heterocycles. The van der Waals surface area contributed by atoms with Crippen molar-refractivity contribution in [3.63, 3.8) is 0 Å². The Hall–Kier alpha value is 2.40. The third-order valence-electron chi connectivity index (χ3n) is 1.34. The molecule has 0 atom stereocenters. The van der Waals surface area contributed by atoms with Crippen LogP contribution in [0.4, 0.5) is 0 Å². The summed E-state index contributed by atoms with van der Waals surface area (Å²) < 4.78 is 19.1. The Kier molecular flexibility index (Phi) is 14.6. The van der Waals surface area contributed by atoms with Gasteiger partial charge in [-0.1, -0.05) is 18.2 Å². The van der Waals surface area contributed by atoms with Gasteiger partial charge >= 0.3 is 103 Å². The molecule has 1 rings (SSSR count). The number of rotatable bonds is 5. The Balaban J connectivity index is 0. The second kappa shape index (κ2) is 11.2. The molecule has 16 heavy (non-hydrogen) atoms. The first-order valence-corrected chi connectivity index (χ1v) is 5.38. The van der Waals surface area contributed by atoms with Gasteiger partial charge in [-0.25, -0.2) is 0 Å². The number of phosphoric ester groups is 1. The van der Waals surface area contributed by atoms with Gasteiger partial charge in [0.05, 0.1) is 14.4 Å².